The van der Waals surface area contributed by atoms with Crippen molar-refractivity contribution in [2.45, 2.75) is 45.6 Å². The second kappa shape index (κ2) is 7.50. The van der Waals surface area contributed by atoms with Crippen LogP contribution in [-0.4, -0.2) is 24.4 Å². The van der Waals surface area contributed by atoms with Crippen molar-refractivity contribution >= 4 is 11.8 Å². The number of nitrogens with two attached hydrogens (primary N) is 1. The quantitative estimate of drug-likeness (QED) is 0.379. The van der Waals surface area contributed by atoms with Gasteiger partial charge in [-0.25, -0.2) is 4.79 Å². The van der Waals surface area contributed by atoms with Gasteiger partial charge in [0, 0.05) is 6.42 Å². The molecule has 0 fully saturated rings. The number of carbonyl (C=O) groups is 2. The van der Waals surface area contributed by atoms with Crippen LogP contribution in [0, 0.1) is 0 Å². The summed E-state index contributed by atoms with van der Waals surface area (Å²) in [5, 5.41) is 0. The van der Waals surface area contributed by atoms with E-state index in [2.05, 4.69) is 0 Å². The van der Waals surface area contributed by atoms with E-state index >= 15 is 0 Å². The molecule has 1 unspecified atom stereocenters. The van der Waals surface area contributed by atoms with E-state index in [4.69, 9.17) is 10.5 Å². The van der Waals surface area contributed by atoms with Crippen molar-refractivity contribution in [3.63, 3.8) is 0 Å². The number of unbranched alkanes of at least 4 members (excludes halogenated alkanes) is 1. The van der Waals surface area contributed by atoms with Crippen molar-refractivity contribution in [3.05, 3.63) is 0 Å². The monoisotopic (exact) mass is 201 g/mol. The Kier molecular flexibility index (Phi) is 7.02. The zero-order chi connectivity index (χ0) is 11.0. The summed E-state index contributed by atoms with van der Waals surface area (Å²) in [5.74, 6) is -0.842. The van der Waals surface area contributed by atoms with Gasteiger partial charge in [0.1, 0.15) is 0 Å². The van der Waals surface area contributed by atoms with E-state index < -0.39 is 12.0 Å². The van der Waals surface area contributed by atoms with Crippen LogP contribution in [0.4, 0.5) is 0 Å². The van der Waals surface area contributed by atoms with Gasteiger partial charge < -0.3 is 10.5 Å². The van der Waals surface area contributed by atoms with Gasteiger partial charge >= 0.3 is 5.97 Å². The van der Waals surface area contributed by atoms with E-state index in [1.807, 2.05) is 13.8 Å². The maximum absolute atomic E-state index is 11.2. The lowest BCUT2D eigenvalue weighted by molar-refractivity contribution is -0.148. The second-order valence-corrected chi connectivity index (χ2v) is 3.22. The number of hydrogen-bond acceptors (Lipinski definition) is 4. The zero-order valence-corrected chi connectivity index (χ0v) is 8.91. The van der Waals surface area contributed by atoms with Crippen molar-refractivity contribution in [2.24, 2.45) is 5.73 Å². The summed E-state index contributed by atoms with van der Waals surface area (Å²) in [4.78, 5) is 22.4. The average molecular weight is 201 g/mol. The molecular formula is C10H19NO3. The Morgan fingerprint density at radius 1 is 1.29 bits per heavy atom. The Labute approximate surface area is 84.8 Å². The lowest BCUT2D eigenvalue weighted by Gasteiger charge is -2.09. The van der Waals surface area contributed by atoms with Gasteiger partial charge in [-0.3, -0.25) is 4.79 Å². The van der Waals surface area contributed by atoms with Crippen LogP contribution >= 0.6 is 0 Å². The van der Waals surface area contributed by atoms with Gasteiger partial charge in [-0.05, 0) is 12.8 Å². The van der Waals surface area contributed by atoms with Crippen molar-refractivity contribution in [1.82, 2.24) is 0 Å². The predicted molar refractivity (Wildman–Crippen MR) is 53.8 cm³/mol. The van der Waals surface area contributed by atoms with Crippen LogP contribution in [0.5, 0.6) is 0 Å². The van der Waals surface area contributed by atoms with Crippen LogP contribution in [0.15, 0.2) is 0 Å². The minimum atomic E-state index is -1.09. The van der Waals surface area contributed by atoms with Gasteiger partial charge in [-0.1, -0.05) is 20.3 Å². The lowest BCUT2D eigenvalue weighted by atomic mass is 10.1. The molecule has 0 bridgehead atoms. The molecule has 0 radical (unpaired) electrons. The third-order valence-corrected chi connectivity index (χ3v) is 1.84. The fraction of sp³-hybridized carbons (Fsp3) is 0.800. The number of Topliss-reactive ketones (excluding diaryl/α,β-unsaturated/α-hetero) is 1. The molecule has 1 atom stereocenters. The Morgan fingerprint density at radius 3 is 2.43 bits per heavy atom. The SMILES string of the molecule is CCCCOC(=O)C(N)C(=O)CCC. The normalized spacial score (nSPS) is 12.2. The summed E-state index contributed by atoms with van der Waals surface area (Å²) < 4.78 is 4.83. The van der Waals surface area contributed by atoms with Crippen molar-refractivity contribution in [1.29, 1.82) is 0 Å². The van der Waals surface area contributed by atoms with E-state index in [1.54, 1.807) is 0 Å². The first kappa shape index (κ1) is 13.1. The summed E-state index contributed by atoms with van der Waals surface area (Å²) in [6.07, 6.45) is 2.80. The van der Waals surface area contributed by atoms with Gasteiger partial charge in [-0.2, -0.15) is 0 Å². The predicted octanol–water partition coefficient (Wildman–Crippen LogP) is 1.03. The molecule has 0 aromatic carbocycles. The largest absolute Gasteiger partial charge is 0.464 e. The summed E-state index contributed by atoms with van der Waals surface area (Å²) in [5.41, 5.74) is 5.40. The molecule has 0 aromatic heterocycles. The summed E-state index contributed by atoms with van der Waals surface area (Å²) in [7, 11) is 0. The number of carbonyl (C=O) groups excluding carboxylic acids is 2. The molecule has 0 heterocycles. The van der Waals surface area contributed by atoms with Crippen LogP contribution in [0.25, 0.3) is 0 Å². The summed E-state index contributed by atoms with van der Waals surface area (Å²) in [6, 6.07) is -1.09. The molecule has 0 saturated carbocycles. The van der Waals surface area contributed by atoms with Gasteiger partial charge in [0.05, 0.1) is 6.61 Å². The number of ketones is 1. The molecule has 0 spiro atoms. The maximum atomic E-state index is 11.2. The highest BCUT2D eigenvalue weighted by Gasteiger charge is 2.22. The molecule has 0 aliphatic heterocycles. The van der Waals surface area contributed by atoms with Crippen LogP contribution < -0.4 is 5.73 Å². The molecule has 0 aliphatic carbocycles. The lowest BCUT2D eigenvalue weighted by Crippen LogP contribution is -2.39. The fourth-order valence-corrected chi connectivity index (χ4v) is 0.940. The smallest absolute Gasteiger partial charge is 0.330 e. The third-order valence-electron chi connectivity index (χ3n) is 1.84. The molecule has 4 nitrogen and oxygen atoms in total. The van der Waals surface area contributed by atoms with Crippen LogP contribution in [0.3, 0.4) is 0 Å². The zero-order valence-electron chi connectivity index (χ0n) is 8.91. The molecule has 0 aromatic rings. The van der Waals surface area contributed by atoms with Crippen LogP contribution in [0.1, 0.15) is 39.5 Å². The number of rotatable bonds is 7. The number of hydrogen-bond donors (Lipinski definition) is 1. The van der Waals surface area contributed by atoms with Crippen molar-refractivity contribution < 1.29 is 14.3 Å². The molecule has 2 N–H and O–H groups in total. The highest BCUT2D eigenvalue weighted by Crippen LogP contribution is 1.97. The van der Waals surface area contributed by atoms with Crippen molar-refractivity contribution in [3.8, 4) is 0 Å². The highest BCUT2D eigenvalue weighted by atomic mass is 16.5. The highest BCUT2D eigenvalue weighted by molar-refractivity contribution is 6.02. The van der Waals surface area contributed by atoms with Crippen LogP contribution in [0.2, 0.25) is 0 Å². The van der Waals surface area contributed by atoms with E-state index in [1.165, 1.54) is 0 Å². The molecule has 4 heteroatoms. The number of esters is 1. The molecule has 14 heavy (non-hydrogen) atoms. The summed E-state index contributed by atoms with van der Waals surface area (Å²) in [6.45, 7) is 4.21. The first-order chi connectivity index (χ1) is 6.63. The molecule has 0 saturated heterocycles. The van der Waals surface area contributed by atoms with E-state index in [9.17, 15) is 9.59 Å². The van der Waals surface area contributed by atoms with Gasteiger partial charge in [0.25, 0.3) is 0 Å². The maximum Gasteiger partial charge on any atom is 0.330 e. The molecular weight excluding hydrogens is 182 g/mol. The Bertz CT molecular complexity index is 192. The topological polar surface area (TPSA) is 69.4 Å². The second-order valence-electron chi connectivity index (χ2n) is 3.22. The van der Waals surface area contributed by atoms with Crippen molar-refractivity contribution in [2.75, 3.05) is 6.61 Å². The minimum absolute atomic E-state index is 0.242. The van der Waals surface area contributed by atoms with E-state index in [-0.39, 0.29) is 5.78 Å². The van der Waals surface area contributed by atoms with Gasteiger partial charge in [0.2, 0.25) is 0 Å². The first-order valence-electron chi connectivity index (χ1n) is 5.08. The molecule has 0 rings (SSSR count). The van der Waals surface area contributed by atoms with E-state index in [0.29, 0.717) is 19.4 Å². The minimum Gasteiger partial charge on any atom is -0.464 e. The Morgan fingerprint density at radius 2 is 1.93 bits per heavy atom. The Balaban J connectivity index is 3.80. The molecule has 0 amide bonds. The fourth-order valence-electron chi connectivity index (χ4n) is 0.940. The van der Waals surface area contributed by atoms with Gasteiger partial charge in [0.15, 0.2) is 11.8 Å². The molecule has 0 aliphatic rings. The molecule has 82 valence electrons. The third kappa shape index (κ3) is 4.97. The van der Waals surface area contributed by atoms with Gasteiger partial charge in [-0.15, -0.1) is 0 Å². The summed E-state index contributed by atoms with van der Waals surface area (Å²) >= 11 is 0. The standard InChI is InChI=1S/C10H19NO3/c1-3-5-7-14-10(13)9(11)8(12)6-4-2/h9H,3-7,11H2,1-2H3. The Hall–Kier alpha value is -0.900. The average Bonchev–Trinajstić information content (AvgIpc) is 2.17. The van der Waals surface area contributed by atoms with Crippen LogP contribution in [-0.2, 0) is 14.3 Å². The van der Waals surface area contributed by atoms with E-state index in [0.717, 1.165) is 12.8 Å². The number of ether oxygens (including phenoxy) is 1. The first-order valence-corrected chi connectivity index (χ1v) is 5.08.